The van der Waals surface area contributed by atoms with E-state index < -0.39 is 67.2 Å². The molecule has 1 fully saturated rings. The minimum absolute atomic E-state index is 0.0378. The Morgan fingerprint density at radius 2 is 1.45 bits per heavy atom. The molecule has 6 rings (SSSR count). The second kappa shape index (κ2) is 16.9. The Balaban J connectivity index is 1.24. The molecule has 0 saturated carbocycles. The highest BCUT2D eigenvalue weighted by Crippen LogP contribution is 2.44. The first-order valence-electron chi connectivity index (χ1n) is 17.1. The lowest BCUT2D eigenvalue weighted by Crippen LogP contribution is -2.61. The van der Waals surface area contributed by atoms with Gasteiger partial charge in [-0.25, -0.2) is 9.59 Å². The molecule has 2 aliphatic heterocycles. The summed E-state index contributed by atoms with van der Waals surface area (Å²) in [5, 5.41) is 83.2. The maximum atomic E-state index is 13.1. The third kappa shape index (κ3) is 9.07. The maximum Gasteiger partial charge on any atom is 0.331 e. The van der Waals surface area contributed by atoms with Crippen molar-refractivity contribution in [3.8, 4) is 46.0 Å². The van der Waals surface area contributed by atoms with Crippen LogP contribution in [-0.4, -0.2) is 103 Å². The molecule has 1 saturated heterocycles. The molecule has 7 atom stereocenters. The molecular formula is C40H38O16. The van der Waals surface area contributed by atoms with Crippen LogP contribution >= 0.6 is 0 Å². The average molecular weight is 775 g/mol. The van der Waals surface area contributed by atoms with E-state index in [0.717, 1.165) is 12.2 Å². The van der Waals surface area contributed by atoms with Crippen molar-refractivity contribution in [1.29, 1.82) is 0 Å². The second-order valence-electron chi connectivity index (χ2n) is 12.8. The third-order valence-corrected chi connectivity index (χ3v) is 8.95. The van der Waals surface area contributed by atoms with Crippen LogP contribution in [0.4, 0.5) is 0 Å². The summed E-state index contributed by atoms with van der Waals surface area (Å²) in [7, 11) is 1.35. The number of esters is 2. The molecule has 16 nitrogen and oxygen atoms in total. The number of aliphatic hydroxyl groups is 3. The number of hydrogen-bond acceptors (Lipinski definition) is 16. The molecule has 0 spiro atoms. The lowest BCUT2D eigenvalue weighted by atomic mass is 9.93. The average Bonchev–Trinajstić information content (AvgIpc) is 3.17. The number of carbonyl (C=O) groups is 2. The van der Waals surface area contributed by atoms with Crippen LogP contribution in [0.1, 0.15) is 28.4 Å². The van der Waals surface area contributed by atoms with Crippen molar-refractivity contribution in [2.45, 2.75) is 49.3 Å². The normalized spacial score (nSPS) is 23.2. The van der Waals surface area contributed by atoms with Crippen LogP contribution in [0, 0.1) is 0 Å². The van der Waals surface area contributed by atoms with E-state index in [4.69, 9.17) is 28.4 Å². The summed E-state index contributed by atoms with van der Waals surface area (Å²) in [4.78, 5) is 25.7. The van der Waals surface area contributed by atoms with Crippen LogP contribution in [0.3, 0.4) is 0 Å². The Morgan fingerprint density at radius 1 is 0.750 bits per heavy atom. The summed E-state index contributed by atoms with van der Waals surface area (Å²) in [5.74, 6) is -3.02. The quantitative estimate of drug-likeness (QED) is 0.0620. The van der Waals surface area contributed by atoms with Gasteiger partial charge in [-0.1, -0.05) is 24.3 Å². The fourth-order valence-electron chi connectivity index (χ4n) is 6.04. The van der Waals surface area contributed by atoms with E-state index >= 15 is 0 Å². The van der Waals surface area contributed by atoms with Crippen molar-refractivity contribution in [3.05, 3.63) is 107 Å². The summed E-state index contributed by atoms with van der Waals surface area (Å²) in [6.45, 7) is -0.596. The van der Waals surface area contributed by atoms with E-state index in [9.17, 15) is 50.4 Å². The van der Waals surface area contributed by atoms with Gasteiger partial charge < -0.3 is 69.3 Å². The van der Waals surface area contributed by atoms with Crippen LogP contribution in [0.15, 0.2) is 84.9 Å². The van der Waals surface area contributed by atoms with Gasteiger partial charge in [0.05, 0.1) is 13.2 Å². The number of fused-ring (bicyclic) bond motifs is 1. The topological polar surface area (TPSA) is 251 Å². The Labute approximate surface area is 318 Å². The van der Waals surface area contributed by atoms with E-state index in [1.54, 1.807) is 12.1 Å². The zero-order chi connectivity index (χ0) is 40.1. The second-order valence-corrected chi connectivity index (χ2v) is 12.8. The largest absolute Gasteiger partial charge is 0.508 e. The monoisotopic (exact) mass is 774 g/mol. The summed E-state index contributed by atoms with van der Waals surface area (Å²) >= 11 is 0. The van der Waals surface area contributed by atoms with Crippen molar-refractivity contribution in [1.82, 2.24) is 0 Å². The molecule has 0 radical (unpaired) electrons. The molecule has 56 heavy (non-hydrogen) atoms. The predicted molar refractivity (Wildman–Crippen MR) is 194 cm³/mol. The maximum absolute atomic E-state index is 13.1. The van der Waals surface area contributed by atoms with Crippen LogP contribution in [0.25, 0.3) is 12.2 Å². The van der Waals surface area contributed by atoms with Gasteiger partial charge in [0.1, 0.15) is 54.0 Å². The smallest absolute Gasteiger partial charge is 0.331 e. The molecule has 0 unspecified atom stereocenters. The van der Waals surface area contributed by atoms with Gasteiger partial charge in [-0.2, -0.15) is 0 Å². The number of aliphatic hydroxyl groups excluding tert-OH is 3. The zero-order valence-corrected chi connectivity index (χ0v) is 29.5. The third-order valence-electron chi connectivity index (χ3n) is 8.95. The number of hydrogen-bond donors (Lipinski definition) is 8. The molecule has 0 aromatic heterocycles. The molecule has 294 valence electrons. The lowest BCUT2D eigenvalue weighted by molar-refractivity contribution is -0.282. The first kappa shape index (κ1) is 39.2. The standard InChI is InChI=1S/C40H38O16/c1-51-32-14-21(4-10-27(32)44)6-13-35(48)56-39-37(50)36(49)33(19-52-34(47)12-5-20-2-8-23(41)9-3-20)55-40(39)54-31-17-24(42)16-30-25(31)18-29(46)38(53-30)22-7-11-26(43)28(45)15-22/h2-17,29,33,36-46,49-50H,18-19H2,1H3/b12-5+,13-6+/t29-,33+,36+,37-,38+,39+,40+/m0/s1. The fraction of sp³-hybridized carbons (Fsp3) is 0.250. The highest BCUT2D eigenvalue weighted by atomic mass is 16.7. The molecule has 0 aliphatic carbocycles. The number of methoxy groups -OCH3 is 1. The van der Waals surface area contributed by atoms with Gasteiger partial charge in [-0.3, -0.25) is 0 Å². The predicted octanol–water partition coefficient (Wildman–Crippen LogP) is 2.97. The van der Waals surface area contributed by atoms with Crippen LogP contribution in [0.5, 0.6) is 46.0 Å². The summed E-state index contributed by atoms with van der Waals surface area (Å²) < 4.78 is 33.9. The number of ether oxygens (including phenoxy) is 6. The van der Waals surface area contributed by atoms with Gasteiger partial charge in [0, 0.05) is 36.3 Å². The molecule has 2 aliphatic rings. The summed E-state index contributed by atoms with van der Waals surface area (Å²) in [6, 6.07) is 16.6. The first-order chi connectivity index (χ1) is 26.8. The SMILES string of the molecule is COc1cc(/C=C/C(=O)O[C@H]2[C@H](Oc3cc(O)cc4c3C[C@H](O)[C@@H](c3ccc(O)c(O)c3)O4)O[C@H](COC(=O)/C=C/c3ccc(O)cc3)[C@@H](O)[C@@H]2O)ccc1O. The van der Waals surface area contributed by atoms with Crippen molar-refractivity contribution >= 4 is 24.1 Å². The highest BCUT2D eigenvalue weighted by Gasteiger charge is 2.49. The Kier molecular flexibility index (Phi) is 11.9. The highest BCUT2D eigenvalue weighted by molar-refractivity contribution is 5.88. The Bertz CT molecular complexity index is 2110. The molecule has 4 aromatic rings. The van der Waals surface area contributed by atoms with Crippen molar-refractivity contribution in [2.75, 3.05) is 13.7 Å². The van der Waals surface area contributed by atoms with E-state index in [1.165, 1.54) is 79.9 Å². The van der Waals surface area contributed by atoms with Gasteiger partial charge in [-0.15, -0.1) is 0 Å². The molecular weight excluding hydrogens is 736 g/mol. The zero-order valence-electron chi connectivity index (χ0n) is 29.5. The minimum atomic E-state index is -1.88. The van der Waals surface area contributed by atoms with Crippen LogP contribution in [0.2, 0.25) is 0 Å². The first-order valence-corrected chi connectivity index (χ1v) is 17.1. The van der Waals surface area contributed by atoms with E-state index in [-0.39, 0.29) is 52.2 Å². The molecule has 0 amide bonds. The van der Waals surface area contributed by atoms with E-state index in [1.807, 2.05) is 0 Å². The number of aromatic hydroxyl groups is 5. The van der Waals surface area contributed by atoms with E-state index in [2.05, 4.69) is 0 Å². The number of rotatable bonds is 11. The van der Waals surface area contributed by atoms with Gasteiger partial charge in [0.15, 0.2) is 29.1 Å². The number of carbonyl (C=O) groups excluding carboxylic acids is 2. The fourth-order valence-corrected chi connectivity index (χ4v) is 6.04. The number of benzene rings is 4. The van der Waals surface area contributed by atoms with Crippen molar-refractivity contribution in [3.63, 3.8) is 0 Å². The van der Waals surface area contributed by atoms with Crippen LogP contribution in [-0.2, 0) is 30.2 Å². The van der Waals surface area contributed by atoms with Gasteiger partial charge >= 0.3 is 11.9 Å². The van der Waals surface area contributed by atoms with Crippen LogP contribution < -0.4 is 14.2 Å². The minimum Gasteiger partial charge on any atom is -0.508 e. The van der Waals surface area contributed by atoms with Crippen molar-refractivity contribution < 1.29 is 78.9 Å². The Morgan fingerprint density at radius 3 is 2.18 bits per heavy atom. The number of phenols is 5. The molecule has 2 heterocycles. The van der Waals surface area contributed by atoms with Gasteiger partial charge in [-0.05, 0) is 65.2 Å². The molecule has 0 bridgehead atoms. The Hall–Kier alpha value is -6.46. The van der Waals surface area contributed by atoms with Gasteiger partial charge in [0.25, 0.3) is 0 Å². The summed E-state index contributed by atoms with van der Waals surface area (Å²) in [6.07, 6.45) is -6.06. The van der Waals surface area contributed by atoms with Crippen molar-refractivity contribution in [2.24, 2.45) is 0 Å². The molecule has 8 N–H and O–H groups in total. The van der Waals surface area contributed by atoms with E-state index in [0.29, 0.717) is 16.7 Å². The molecule has 4 aromatic carbocycles. The summed E-state index contributed by atoms with van der Waals surface area (Å²) in [5.41, 5.74) is 1.57. The molecule has 16 heteroatoms. The number of phenolic OH excluding ortho intramolecular Hbond substituents is 5. The lowest BCUT2D eigenvalue weighted by Gasteiger charge is -2.41. The van der Waals surface area contributed by atoms with Gasteiger partial charge in [0.2, 0.25) is 6.29 Å².